The van der Waals surface area contributed by atoms with Crippen LogP contribution in [0.2, 0.25) is 0 Å². The van der Waals surface area contributed by atoms with Gasteiger partial charge in [-0.15, -0.1) is 0 Å². The van der Waals surface area contributed by atoms with Crippen molar-refractivity contribution in [3.63, 3.8) is 0 Å². The van der Waals surface area contributed by atoms with Crippen molar-refractivity contribution in [1.82, 2.24) is 0 Å². The highest BCUT2D eigenvalue weighted by molar-refractivity contribution is 5.45. The lowest BCUT2D eigenvalue weighted by molar-refractivity contribution is 0.149. The van der Waals surface area contributed by atoms with Crippen LogP contribution in [-0.4, -0.2) is 18.3 Å². The molecule has 1 unspecified atom stereocenters. The summed E-state index contributed by atoms with van der Waals surface area (Å²) in [6.07, 6.45) is 0.682. The van der Waals surface area contributed by atoms with Gasteiger partial charge in [0.2, 0.25) is 0 Å². The molecule has 0 aliphatic carbocycles. The molecule has 0 saturated heterocycles. The number of hydrogen-bond donors (Lipinski definition) is 2. The molecule has 2 N–H and O–H groups in total. The van der Waals surface area contributed by atoms with Crippen LogP contribution in [0.25, 0.3) is 0 Å². The van der Waals surface area contributed by atoms with E-state index in [-0.39, 0.29) is 18.8 Å². The molecule has 1 aromatic rings. The molecule has 1 atom stereocenters. The second-order valence-electron chi connectivity index (χ2n) is 4.40. The molecule has 0 saturated carbocycles. The lowest BCUT2D eigenvalue weighted by Crippen LogP contribution is -2.29. The van der Waals surface area contributed by atoms with Crippen molar-refractivity contribution >= 4 is 5.69 Å². The van der Waals surface area contributed by atoms with E-state index in [9.17, 15) is 13.2 Å². The van der Waals surface area contributed by atoms with E-state index in [1.165, 1.54) is 0 Å². The number of rotatable bonds is 5. The van der Waals surface area contributed by atoms with Gasteiger partial charge in [0.25, 0.3) is 0 Å². The molecule has 0 fully saturated rings. The summed E-state index contributed by atoms with van der Waals surface area (Å²) < 4.78 is 38.9. The van der Waals surface area contributed by atoms with Gasteiger partial charge < -0.3 is 10.4 Å². The highest BCUT2D eigenvalue weighted by Crippen LogP contribution is 2.24. The van der Waals surface area contributed by atoms with Crippen LogP contribution < -0.4 is 5.32 Å². The summed E-state index contributed by atoms with van der Waals surface area (Å²) in [4.78, 5) is 0. The number of benzene rings is 1. The zero-order valence-corrected chi connectivity index (χ0v) is 9.86. The number of aliphatic hydroxyl groups excluding tert-OH is 1. The fourth-order valence-electron chi connectivity index (χ4n) is 1.26. The molecule has 0 spiro atoms. The van der Waals surface area contributed by atoms with Crippen molar-refractivity contribution in [3.8, 4) is 0 Å². The normalized spacial score (nSPS) is 14.5. The summed E-state index contributed by atoms with van der Waals surface area (Å²) in [5.74, 6) is -3.94. The summed E-state index contributed by atoms with van der Waals surface area (Å²) in [5.41, 5.74) is -0.519. The topological polar surface area (TPSA) is 32.3 Å². The molecular weight excluding hydrogens is 231 g/mol. The molecule has 5 heteroatoms. The molecule has 0 aliphatic heterocycles. The number of halogens is 3. The average molecular weight is 247 g/mol. The summed E-state index contributed by atoms with van der Waals surface area (Å²) in [6, 6.07) is 2.00. The van der Waals surface area contributed by atoms with Crippen LogP contribution in [0.4, 0.5) is 18.9 Å². The predicted molar refractivity (Wildman–Crippen MR) is 60.3 cm³/mol. The van der Waals surface area contributed by atoms with Crippen molar-refractivity contribution in [2.45, 2.75) is 20.3 Å². The van der Waals surface area contributed by atoms with Gasteiger partial charge in [-0.2, -0.15) is 0 Å². The smallest absolute Gasteiger partial charge is 0.196 e. The van der Waals surface area contributed by atoms with Crippen molar-refractivity contribution in [3.05, 3.63) is 29.6 Å². The fourth-order valence-corrected chi connectivity index (χ4v) is 1.26. The van der Waals surface area contributed by atoms with Gasteiger partial charge >= 0.3 is 0 Å². The lowest BCUT2D eigenvalue weighted by atomic mass is 9.88. The van der Waals surface area contributed by atoms with E-state index >= 15 is 0 Å². The van der Waals surface area contributed by atoms with Crippen LogP contribution in [0.5, 0.6) is 0 Å². The van der Waals surface area contributed by atoms with Crippen LogP contribution >= 0.6 is 0 Å². The standard InChI is InChI=1S/C12H16F3NO/c1-3-12(2,7-17)6-16-9-5-4-8(13)10(14)11(9)15/h4-5,16-17H,3,6-7H2,1-2H3. The van der Waals surface area contributed by atoms with Crippen LogP contribution in [0.3, 0.4) is 0 Å². The van der Waals surface area contributed by atoms with Crippen LogP contribution in [0.1, 0.15) is 20.3 Å². The molecule has 2 nitrogen and oxygen atoms in total. The molecule has 0 amide bonds. The van der Waals surface area contributed by atoms with Crippen LogP contribution in [0.15, 0.2) is 12.1 Å². The Hall–Kier alpha value is -1.23. The first-order valence-electron chi connectivity index (χ1n) is 5.42. The van der Waals surface area contributed by atoms with E-state index in [1.54, 1.807) is 0 Å². The van der Waals surface area contributed by atoms with Gasteiger partial charge in [-0.25, -0.2) is 13.2 Å². The van der Waals surface area contributed by atoms with Crippen LogP contribution in [-0.2, 0) is 0 Å². The molecular formula is C12H16F3NO. The maximum atomic E-state index is 13.3. The number of hydrogen-bond acceptors (Lipinski definition) is 2. The van der Waals surface area contributed by atoms with E-state index < -0.39 is 22.9 Å². The van der Waals surface area contributed by atoms with Gasteiger partial charge in [-0.05, 0) is 18.6 Å². The molecule has 0 radical (unpaired) electrons. The molecule has 96 valence electrons. The first kappa shape index (κ1) is 13.8. The number of nitrogens with one attached hydrogen (secondary N) is 1. The highest BCUT2D eigenvalue weighted by atomic mass is 19.2. The monoisotopic (exact) mass is 247 g/mol. The SMILES string of the molecule is CCC(C)(CO)CNc1ccc(F)c(F)c1F. The molecule has 0 heterocycles. The Bertz CT molecular complexity index is 392. The van der Waals surface area contributed by atoms with E-state index in [2.05, 4.69) is 5.32 Å². The number of anilines is 1. The first-order valence-corrected chi connectivity index (χ1v) is 5.42. The third-order valence-corrected chi connectivity index (χ3v) is 2.98. The summed E-state index contributed by atoms with van der Waals surface area (Å²) >= 11 is 0. The van der Waals surface area contributed by atoms with Gasteiger partial charge in [-0.3, -0.25) is 0 Å². The summed E-state index contributed by atoms with van der Waals surface area (Å²) in [5, 5.41) is 11.8. The predicted octanol–water partition coefficient (Wildman–Crippen LogP) is 2.92. The Morgan fingerprint density at radius 3 is 2.41 bits per heavy atom. The molecule has 0 aliphatic rings. The van der Waals surface area contributed by atoms with Gasteiger partial charge in [-0.1, -0.05) is 13.8 Å². The van der Waals surface area contributed by atoms with Crippen molar-refractivity contribution < 1.29 is 18.3 Å². The molecule has 1 rings (SSSR count). The number of aliphatic hydroxyl groups is 1. The second kappa shape index (κ2) is 5.40. The van der Waals surface area contributed by atoms with E-state index in [1.807, 2.05) is 13.8 Å². The average Bonchev–Trinajstić information content (AvgIpc) is 2.35. The molecule has 17 heavy (non-hydrogen) atoms. The minimum Gasteiger partial charge on any atom is -0.396 e. The van der Waals surface area contributed by atoms with Crippen LogP contribution in [0, 0.1) is 22.9 Å². The van der Waals surface area contributed by atoms with Gasteiger partial charge in [0.15, 0.2) is 17.5 Å². The van der Waals surface area contributed by atoms with Crippen molar-refractivity contribution in [2.24, 2.45) is 5.41 Å². The zero-order chi connectivity index (χ0) is 13.1. The Labute approximate surface area is 98.5 Å². The largest absolute Gasteiger partial charge is 0.396 e. The lowest BCUT2D eigenvalue weighted by Gasteiger charge is -2.26. The third-order valence-electron chi connectivity index (χ3n) is 2.98. The van der Waals surface area contributed by atoms with E-state index in [0.29, 0.717) is 6.42 Å². The molecule has 0 bridgehead atoms. The van der Waals surface area contributed by atoms with Gasteiger partial charge in [0, 0.05) is 12.0 Å². The summed E-state index contributed by atoms with van der Waals surface area (Å²) in [7, 11) is 0. The minimum atomic E-state index is -1.49. The fraction of sp³-hybridized carbons (Fsp3) is 0.500. The maximum absolute atomic E-state index is 13.3. The highest BCUT2D eigenvalue weighted by Gasteiger charge is 2.22. The Balaban J connectivity index is 2.80. The van der Waals surface area contributed by atoms with E-state index in [0.717, 1.165) is 12.1 Å². The Morgan fingerprint density at radius 2 is 1.88 bits per heavy atom. The Kier molecular flexibility index (Phi) is 4.40. The minimum absolute atomic E-state index is 0.0677. The maximum Gasteiger partial charge on any atom is 0.196 e. The second-order valence-corrected chi connectivity index (χ2v) is 4.40. The molecule has 1 aromatic carbocycles. The van der Waals surface area contributed by atoms with E-state index in [4.69, 9.17) is 5.11 Å². The third kappa shape index (κ3) is 3.12. The zero-order valence-electron chi connectivity index (χ0n) is 9.86. The quantitative estimate of drug-likeness (QED) is 0.784. The van der Waals surface area contributed by atoms with Crippen molar-refractivity contribution in [2.75, 3.05) is 18.5 Å². The van der Waals surface area contributed by atoms with Gasteiger partial charge in [0.1, 0.15) is 0 Å². The first-order chi connectivity index (χ1) is 7.93. The van der Waals surface area contributed by atoms with Crippen molar-refractivity contribution in [1.29, 1.82) is 0 Å². The molecule has 0 aromatic heterocycles. The summed E-state index contributed by atoms with van der Waals surface area (Å²) in [6.45, 7) is 3.92. The Morgan fingerprint density at radius 1 is 1.24 bits per heavy atom. The van der Waals surface area contributed by atoms with Gasteiger partial charge in [0.05, 0.1) is 12.3 Å².